The number of benzene rings is 1. The summed E-state index contributed by atoms with van der Waals surface area (Å²) in [6.45, 7) is 6.52. The van der Waals surface area contributed by atoms with Crippen LogP contribution in [0.15, 0.2) is 30.3 Å². The fraction of sp³-hybridized carbons (Fsp3) is 0.462. The van der Waals surface area contributed by atoms with E-state index in [2.05, 4.69) is 36.2 Å². The van der Waals surface area contributed by atoms with Crippen molar-refractivity contribution < 1.29 is 4.79 Å². The molecule has 0 amide bonds. The average molecular weight is 220 g/mol. The summed E-state index contributed by atoms with van der Waals surface area (Å²) in [4.78, 5) is 12.5. The van der Waals surface area contributed by atoms with E-state index >= 15 is 0 Å². The largest absolute Gasteiger partial charge is 0.368 e. The molecule has 0 saturated heterocycles. The van der Waals surface area contributed by atoms with Crippen LogP contribution < -0.4 is 10.2 Å². The van der Waals surface area contributed by atoms with Crippen molar-refractivity contribution in [1.82, 2.24) is 5.32 Å². The van der Waals surface area contributed by atoms with Crippen molar-refractivity contribution in [3.8, 4) is 0 Å². The van der Waals surface area contributed by atoms with E-state index in [1.165, 1.54) is 5.69 Å². The monoisotopic (exact) mass is 220 g/mol. The van der Waals surface area contributed by atoms with E-state index in [0.717, 1.165) is 19.4 Å². The molecular weight excluding hydrogens is 200 g/mol. The van der Waals surface area contributed by atoms with Crippen molar-refractivity contribution in [3.63, 3.8) is 0 Å². The van der Waals surface area contributed by atoms with Crippen LogP contribution in [-0.2, 0) is 4.79 Å². The first kappa shape index (κ1) is 12.7. The highest BCUT2D eigenvalue weighted by atomic mass is 16.1. The fourth-order valence-corrected chi connectivity index (χ4v) is 1.67. The van der Waals surface area contributed by atoms with Crippen LogP contribution in [0.2, 0.25) is 0 Å². The molecule has 0 spiro atoms. The molecular formula is C13H20N2O. The van der Waals surface area contributed by atoms with Crippen molar-refractivity contribution >= 4 is 12.0 Å². The predicted molar refractivity (Wildman–Crippen MR) is 67.9 cm³/mol. The minimum atomic E-state index is 0.431. The van der Waals surface area contributed by atoms with Crippen molar-refractivity contribution in [1.29, 1.82) is 0 Å². The molecule has 1 N–H and O–H groups in total. The predicted octanol–water partition coefficient (Wildman–Crippen LogP) is 1.69. The molecule has 0 aliphatic carbocycles. The first-order chi connectivity index (χ1) is 7.75. The van der Waals surface area contributed by atoms with Gasteiger partial charge in [0.25, 0.3) is 0 Å². The molecule has 0 aliphatic rings. The standard InChI is InChI=1S/C13H20N2O/c1-12(2)15(10-8-14-9-11-16)13-6-4-3-5-7-13/h3-7,11-12,14H,8-10H2,1-2H3. The van der Waals surface area contributed by atoms with Gasteiger partial charge in [-0.2, -0.15) is 0 Å². The van der Waals surface area contributed by atoms with E-state index in [-0.39, 0.29) is 0 Å². The molecule has 0 aliphatic heterocycles. The zero-order chi connectivity index (χ0) is 11.8. The maximum atomic E-state index is 10.2. The lowest BCUT2D eigenvalue weighted by atomic mass is 10.2. The van der Waals surface area contributed by atoms with E-state index in [9.17, 15) is 4.79 Å². The van der Waals surface area contributed by atoms with Crippen molar-refractivity contribution in [3.05, 3.63) is 30.3 Å². The Bertz CT molecular complexity index is 298. The molecule has 16 heavy (non-hydrogen) atoms. The minimum absolute atomic E-state index is 0.431. The van der Waals surface area contributed by atoms with Gasteiger partial charge in [0.1, 0.15) is 6.29 Å². The number of rotatable bonds is 7. The van der Waals surface area contributed by atoms with Gasteiger partial charge in [0.15, 0.2) is 0 Å². The Labute approximate surface area is 97.5 Å². The quantitative estimate of drug-likeness (QED) is 0.560. The second kappa shape index (κ2) is 7.01. The lowest BCUT2D eigenvalue weighted by Gasteiger charge is -2.29. The highest BCUT2D eigenvalue weighted by Gasteiger charge is 2.08. The van der Waals surface area contributed by atoms with Crippen molar-refractivity contribution in [2.75, 3.05) is 24.5 Å². The van der Waals surface area contributed by atoms with Gasteiger partial charge in [-0.15, -0.1) is 0 Å². The summed E-state index contributed by atoms with van der Waals surface area (Å²) in [5.41, 5.74) is 1.23. The Morgan fingerprint density at radius 1 is 1.31 bits per heavy atom. The van der Waals surface area contributed by atoms with Gasteiger partial charge in [-0.05, 0) is 26.0 Å². The molecule has 0 heterocycles. The first-order valence-electron chi connectivity index (χ1n) is 5.71. The van der Waals surface area contributed by atoms with E-state index in [1.807, 2.05) is 18.2 Å². The van der Waals surface area contributed by atoms with E-state index in [0.29, 0.717) is 12.6 Å². The minimum Gasteiger partial charge on any atom is -0.368 e. The van der Waals surface area contributed by atoms with Gasteiger partial charge in [-0.25, -0.2) is 0 Å². The number of carbonyl (C=O) groups is 1. The van der Waals surface area contributed by atoms with Crippen LogP contribution in [0.3, 0.4) is 0 Å². The van der Waals surface area contributed by atoms with Gasteiger partial charge < -0.3 is 15.0 Å². The van der Waals surface area contributed by atoms with Crippen molar-refractivity contribution in [2.24, 2.45) is 0 Å². The molecule has 3 nitrogen and oxygen atoms in total. The third-order valence-electron chi connectivity index (χ3n) is 2.47. The number of hydrogen-bond donors (Lipinski definition) is 1. The molecule has 0 saturated carbocycles. The first-order valence-corrected chi connectivity index (χ1v) is 5.71. The molecule has 1 rings (SSSR count). The highest BCUT2D eigenvalue weighted by molar-refractivity contribution is 5.52. The normalized spacial score (nSPS) is 10.4. The maximum absolute atomic E-state index is 10.2. The van der Waals surface area contributed by atoms with E-state index in [4.69, 9.17) is 0 Å². The molecule has 88 valence electrons. The molecule has 1 aromatic carbocycles. The number of nitrogens with zero attached hydrogens (tertiary/aromatic N) is 1. The van der Waals surface area contributed by atoms with Crippen LogP contribution in [0.5, 0.6) is 0 Å². The summed E-state index contributed by atoms with van der Waals surface area (Å²) < 4.78 is 0. The second-order valence-electron chi connectivity index (χ2n) is 3.99. The van der Waals surface area contributed by atoms with Gasteiger partial charge in [-0.1, -0.05) is 18.2 Å². The molecule has 3 heteroatoms. The Morgan fingerprint density at radius 3 is 2.56 bits per heavy atom. The summed E-state index contributed by atoms with van der Waals surface area (Å²) in [6.07, 6.45) is 0.891. The summed E-state index contributed by atoms with van der Waals surface area (Å²) in [5, 5.41) is 3.08. The van der Waals surface area contributed by atoms with Gasteiger partial charge in [0.05, 0.1) is 6.54 Å². The van der Waals surface area contributed by atoms with Gasteiger partial charge in [-0.3, -0.25) is 0 Å². The number of aldehydes is 1. The third kappa shape index (κ3) is 4.03. The van der Waals surface area contributed by atoms with Gasteiger partial charge in [0, 0.05) is 24.8 Å². The smallest absolute Gasteiger partial charge is 0.133 e. The molecule has 1 aromatic rings. The molecule has 0 radical (unpaired) electrons. The Kier molecular flexibility index (Phi) is 5.57. The topological polar surface area (TPSA) is 32.3 Å². The molecule has 0 bridgehead atoms. The number of para-hydroxylation sites is 1. The maximum Gasteiger partial charge on any atom is 0.133 e. The number of carbonyl (C=O) groups excluding carboxylic acids is 1. The molecule has 0 unspecified atom stereocenters. The number of nitrogens with one attached hydrogen (secondary N) is 1. The highest BCUT2D eigenvalue weighted by Crippen LogP contribution is 2.15. The fourth-order valence-electron chi connectivity index (χ4n) is 1.67. The van der Waals surface area contributed by atoms with Crippen LogP contribution in [-0.4, -0.2) is 32.0 Å². The van der Waals surface area contributed by atoms with Crippen LogP contribution in [0.1, 0.15) is 13.8 Å². The lowest BCUT2D eigenvalue weighted by molar-refractivity contribution is -0.107. The third-order valence-corrected chi connectivity index (χ3v) is 2.47. The van der Waals surface area contributed by atoms with Crippen LogP contribution in [0.4, 0.5) is 5.69 Å². The SMILES string of the molecule is CC(C)N(CCNCC=O)c1ccccc1. The van der Waals surface area contributed by atoms with Crippen LogP contribution in [0.25, 0.3) is 0 Å². The summed E-state index contributed by atoms with van der Waals surface area (Å²) in [6, 6.07) is 10.8. The van der Waals surface area contributed by atoms with E-state index in [1.54, 1.807) is 0 Å². The van der Waals surface area contributed by atoms with E-state index < -0.39 is 0 Å². The van der Waals surface area contributed by atoms with Crippen molar-refractivity contribution in [2.45, 2.75) is 19.9 Å². The van der Waals surface area contributed by atoms with Crippen LogP contribution in [0, 0.1) is 0 Å². The molecule has 0 atom stereocenters. The Balaban J connectivity index is 2.52. The van der Waals surface area contributed by atoms with Crippen LogP contribution >= 0.6 is 0 Å². The summed E-state index contributed by atoms with van der Waals surface area (Å²) in [5.74, 6) is 0. The van der Waals surface area contributed by atoms with Gasteiger partial charge in [0.2, 0.25) is 0 Å². The molecule has 0 aromatic heterocycles. The second-order valence-corrected chi connectivity index (χ2v) is 3.99. The Hall–Kier alpha value is -1.35. The zero-order valence-corrected chi connectivity index (χ0v) is 10.0. The van der Waals surface area contributed by atoms with Gasteiger partial charge >= 0.3 is 0 Å². The Morgan fingerprint density at radius 2 is 2.00 bits per heavy atom. The zero-order valence-electron chi connectivity index (χ0n) is 10.0. The lowest BCUT2D eigenvalue weighted by Crippen LogP contribution is -2.37. The number of hydrogen-bond acceptors (Lipinski definition) is 3. The summed E-state index contributed by atoms with van der Waals surface area (Å²) >= 11 is 0. The molecule has 0 fully saturated rings. The number of anilines is 1. The summed E-state index contributed by atoms with van der Waals surface area (Å²) in [7, 11) is 0. The average Bonchev–Trinajstić information content (AvgIpc) is 2.30.